The Kier molecular flexibility index (Phi) is 7.39. The Balaban J connectivity index is 1.34. The molecule has 1 aromatic carbocycles. The van der Waals surface area contributed by atoms with Gasteiger partial charge in [-0.05, 0) is 25.0 Å². The van der Waals surface area contributed by atoms with Crippen molar-refractivity contribution in [3.8, 4) is 0 Å². The lowest BCUT2D eigenvalue weighted by Gasteiger charge is -2.49. The molecule has 0 aliphatic carbocycles. The first-order valence-electron chi connectivity index (χ1n) is 11.3. The van der Waals surface area contributed by atoms with Crippen LogP contribution in [0.15, 0.2) is 35.5 Å². The van der Waals surface area contributed by atoms with Gasteiger partial charge in [0.05, 0.1) is 11.1 Å². The fourth-order valence-corrected chi connectivity index (χ4v) is 5.84. The van der Waals surface area contributed by atoms with Gasteiger partial charge in [-0.25, -0.2) is 14.4 Å². The first-order valence-corrected chi connectivity index (χ1v) is 12.4. The SMILES string of the molecule is NC(=O)OCC1=C(C(=O)O)N2C(=O)C(NC(=O)CCCC(C(=O)O)N3C(=O)c4ccccc4C3=O)C2SC1. The lowest BCUT2D eigenvalue weighted by Crippen LogP contribution is -2.70. The van der Waals surface area contributed by atoms with Crippen molar-refractivity contribution >= 4 is 53.4 Å². The van der Waals surface area contributed by atoms with E-state index in [1.165, 1.54) is 23.9 Å². The summed E-state index contributed by atoms with van der Waals surface area (Å²) in [7, 11) is 0. The van der Waals surface area contributed by atoms with Gasteiger partial charge in [-0.3, -0.25) is 29.0 Å². The quantitative estimate of drug-likeness (QED) is 0.221. The Bertz CT molecular complexity index is 1260. The highest BCUT2D eigenvalue weighted by Gasteiger charge is 2.54. The predicted molar refractivity (Wildman–Crippen MR) is 127 cm³/mol. The van der Waals surface area contributed by atoms with Crippen LogP contribution in [-0.4, -0.2) is 91.5 Å². The number of imide groups is 1. The minimum Gasteiger partial charge on any atom is -0.480 e. The molecule has 0 bridgehead atoms. The van der Waals surface area contributed by atoms with E-state index in [-0.39, 0.29) is 47.4 Å². The largest absolute Gasteiger partial charge is 0.480 e. The summed E-state index contributed by atoms with van der Waals surface area (Å²) in [5.74, 6) is -5.37. The van der Waals surface area contributed by atoms with Gasteiger partial charge in [0.25, 0.3) is 17.7 Å². The molecule has 4 rings (SSSR count). The molecule has 15 heteroatoms. The van der Waals surface area contributed by atoms with Gasteiger partial charge in [0, 0.05) is 17.7 Å². The van der Waals surface area contributed by atoms with E-state index in [0.29, 0.717) is 4.90 Å². The number of carboxylic acid groups (broad SMARTS) is 2. The highest BCUT2D eigenvalue weighted by molar-refractivity contribution is 8.00. The highest BCUT2D eigenvalue weighted by atomic mass is 32.2. The van der Waals surface area contributed by atoms with E-state index in [2.05, 4.69) is 10.1 Å². The Morgan fingerprint density at radius 1 is 1.11 bits per heavy atom. The molecule has 0 saturated carbocycles. The number of hydrogen-bond acceptors (Lipinski definition) is 9. The fourth-order valence-electron chi connectivity index (χ4n) is 4.51. The second-order valence-electron chi connectivity index (χ2n) is 8.59. The average molecular weight is 547 g/mol. The number of aliphatic carboxylic acids is 2. The first kappa shape index (κ1) is 26.7. The Hall–Kier alpha value is -4.40. The van der Waals surface area contributed by atoms with Crippen LogP contribution in [0.25, 0.3) is 0 Å². The van der Waals surface area contributed by atoms with Crippen LogP contribution in [0.5, 0.6) is 0 Å². The third-order valence-corrected chi connectivity index (χ3v) is 7.60. The van der Waals surface area contributed by atoms with Gasteiger partial charge in [-0.2, -0.15) is 0 Å². The van der Waals surface area contributed by atoms with Crippen LogP contribution in [0.4, 0.5) is 4.79 Å². The fraction of sp³-hybridized carbons (Fsp3) is 0.348. The summed E-state index contributed by atoms with van der Waals surface area (Å²) in [6.45, 7) is -0.394. The van der Waals surface area contributed by atoms with E-state index in [0.717, 1.165) is 4.90 Å². The molecule has 1 saturated heterocycles. The zero-order valence-corrected chi connectivity index (χ0v) is 20.4. The van der Waals surface area contributed by atoms with Crippen molar-refractivity contribution in [2.24, 2.45) is 5.73 Å². The van der Waals surface area contributed by atoms with Crippen molar-refractivity contribution in [3.63, 3.8) is 0 Å². The van der Waals surface area contributed by atoms with E-state index in [1.54, 1.807) is 12.1 Å². The Labute approximate surface area is 218 Å². The Morgan fingerprint density at radius 3 is 2.29 bits per heavy atom. The summed E-state index contributed by atoms with van der Waals surface area (Å²) in [6.07, 6.45) is -1.49. The lowest BCUT2D eigenvalue weighted by molar-refractivity contribution is -0.150. The number of β-lactam (4-membered cyclic amide) rings is 1. The molecule has 5 amide bonds. The maximum Gasteiger partial charge on any atom is 0.404 e. The zero-order valence-electron chi connectivity index (χ0n) is 19.6. The molecule has 0 aromatic heterocycles. The van der Waals surface area contributed by atoms with E-state index in [4.69, 9.17) is 5.73 Å². The second-order valence-corrected chi connectivity index (χ2v) is 9.70. The van der Waals surface area contributed by atoms with E-state index in [1.807, 2.05) is 0 Å². The van der Waals surface area contributed by atoms with Crippen molar-refractivity contribution < 1.29 is 48.5 Å². The predicted octanol–water partition coefficient (Wildman–Crippen LogP) is -0.260. The molecular formula is C23H22N4O10S. The van der Waals surface area contributed by atoms with Crippen LogP contribution in [0.1, 0.15) is 40.0 Å². The standard InChI is InChI=1S/C23H22N4O10S/c24-23(36)37-8-10-9-38-20-15(19(31)27(20)16(10)22(34)35)25-14(28)7-3-6-13(21(32)33)26-17(29)11-4-1-2-5-12(11)18(26)30/h1-2,4-5,13,15,20H,3,6-9H2,(H2,24,36)(H,25,28)(H,32,33)(H,34,35). The summed E-state index contributed by atoms with van der Waals surface area (Å²) in [6, 6.07) is 3.50. The Morgan fingerprint density at radius 2 is 1.74 bits per heavy atom. The molecule has 38 heavy (non-hydrogen) atoms. The van der Waals surface area contributed by atoms with Crippen LogP contribution < -0.4 is 11.1 Å². The van der Waals surface area contributed by atoms with Crippen molar-refractivity contribution in [3.05, 3.63) is 46.7 Å². The van der Waals surface area contributed by atoms with E-state index >= 15 is 0 Å². The first-order chi connectivity index (χ1) is 18.0. The molecule has 3 atom stereocenters. The molecule has 0 spiro atoms. The van der Waals surface area contributed by atoms with Gasteiger partial charge in [0.1, 0.15) is 29.8 Å². The van der Waals surface area contributed by atoms with Gasteiger partial charge in [-0.1, -0.05) is 12.1 Å². The molecule has 3 aliphatic rings. The molecule has 14 nitrogen and oxygen atoms in total. The number of nitrogens with two attached hydrogens (primary N) is 1. The number of amides is 5. The number of hydrogen-bond donors (Lipinski definition) is 4. The highest BCUT2D eigenvalue weighted by Crippen LogP contribution is 2.40. The average Bonchev–Trinajstić information content (AvgIpc) is 3.12. The summed E-state index contributed by atoms with van der Waals surface area (Å²) in [4.78, 5) is 86.6. The van der Waals surface area contributed by atoms with E-state index in [9.17, 15) is 43.8 Å². The topological polar surface area (TPSA) is 214 Å². The van der Waals surface area contributed by atoms with Gasteiger partial charge >= 0.3 is 18.0 Å². The third-order valence-electron chi connectivity index (χ3n) is 6.26. The molecular weight excluding hydrogens is 524 g/mol. The number of rotatable bonds is 10. The lowest BCUT2D eigenvalue weighted by atomic mass is 10.0. The van der Waals surface area contributed by atoms with Crippen LogP contribution in [0.3, 0.4) is 0 Å². The van der Waals surface area contributed by atoms with Gasteiger partial charge in [0.2, 0.25) is 5.91 Å². The van der Waals surface area contributed by atoms with Crippen molar-refractivity contribution in [2.75, 3.05) is 12.4 Å². The van der Waals surface area contributed by atoms with Crippen molar-refractivity contribution in [1.29, 1.82) is 0 Å². The van der Waals surface area contributed by atoms with Crippen LogP contribution in [-0.2, 0) is 23.9 Å². The molecule has 1 aromatic rings. The number of primary amides is 1. The number of carbonyl (C=O) groups excluding carboxylic acids is 5. The van der Waals surface area contributed by atoms with Gasteiger partial charge in [-0.15, -0.1) is 11.8 Å². The number of carbonyl (C=O) groups is 7. The number of carboxylic acids is 2. The second kappa shape index (κ2) is 10.5. The number of thioether (sulfide) groups is 1. The molecule has 1 fully saturated rings. The van der Waals surface area contributed by atoms with Crippen LogP contribution >= 0.6 is 11.8 Å². The number of nitrogens with one attached hydrogen (secondary N) is 1. The maximum atomic E-state index is 12.7. The monoisotopic (exact) mass is 546 g/mol. The minimum atomic E-state index is -1.48. The number of fused-ring (bicyclic) bond motifs is 2. The molecule has 3 unspecified atom stereocenters. The zero-order chi connectivity index (χ0) is 27.7. The summed E-state index contributed by atoms with van der Waals surface area (Å²) in [5.41, 5.74) is 4.99. The van der Waals surface area contributed by atoms with Crippen molar-refractivity contribution in [2.45, 2.75) is 36.7 Å². The number of benzene rings is 1. The smallest absolute Gasteiger partial charge is 0.404 e. The van der Waals surface area contributed by atoms with Crippen LogP contribution in [0, 0.1) is 0 Å². The van der Waals surface area contributed by atoms with Gasteiger partial charge in [0.15, 0.2) is 0 Å². The van der Waals surface area contributed by atoms with Gasteiger partial charge < -0.3 is 26.0 Å². The third kappa shape index (κ3) is 4.79. The molecule has 0 radical (unpaired) electrons. The summed E-state index contributed by atoms with van der Waals surface area (Å²) >= 11 is 1.17. The van der Waals surface area contributed by atoms with E-state index < -0.39 is 65.7 Å². The molecule has 3 aliphatic heterocycles. The molecule has 3 heterocycles. The summed E-state index contributed by atoms with van der Waals surface area (Å²) < 4.78 is 4.65. The number of ether oxygens (including phenoxy) is 1. The number of nitrogens with zero attached hydrogens (tertiary/aromatic N) is 2. The van der Waals surface area contributed by atoms with Crippen LogP contribution in [0.2, 0.25) is 0 Å². The molecule has 200 valence electrons. The maximum absolute atomic E-state index is 12.7. The summed E-state index contributed by atoms with van der Waals surface area (Å²) in [5, 5.41) is 21.0. The minimum absolute atomic E-state index is 0.00643. The normalized spacial score (nSPS) is 20.9. The molecule has 5 N–H and O–H groups in total. The van der Waals surface area contributed by atoms with Crippen molar-refractivity contribution in [1.82, 2.24) is 15.1 Å².